The van der Waals surface area contributed by atoms with E-state index in [1.165, 1.54) is 0 Å². The lowest BCUT2D eigenvalue weighted by Gasteiger charge is -2.29. The number of aromatic nitrogens is 1. The van der Waals surface area contributed by atoms with Gasteiger partial charge in [0, 0.05) is 38.1 Å². The third-order valence-electron chi connectivity index (χ3n) is 4.26. The Morgan fingerprint density at radius 1 is 1.26 bits per heavy atom. The zero-order valence-corrected chi connectivity index (χ0v) is 12.6. The van der Waals surface area contributed by atoms with Crippen molar-refractivity contribution in [3.63, 3.8) is 0 Å². The molecule has 1 amide bonds. The summed E-state index contributed by atoms with van der Waals surface area (Å²) < 4.78 is 43.5. The van der Waals surface area contributed by atoms with Crippen molar-refractivity contribution in [2.24, 2.45) is 5.92 Å². The van der Waals surface area contributed by atoms with Crippen LogP contribution < -0.4 is 4.90 Å². The minimum Gasteiger partial charge on any atom is -0.378 e. The van der Waals surface area contributed by atoms with Crippen LogP contribution in [-0.4, -0.2) is 55.2 Å². The fraction of sp³-hybridized carbons (Fsp3) is 0.600. The second kappa shape index (κ2) is 6.35. The van der Waals surface area contributed by atoms with Crippen molar-refractivity contribution < 1.29 is 22.7 Å². The second-order valence-corrected chi connectivity index (χ2v) is 5.77. The zero-order chi connectivity index (χ0) is 16.4. The van der Waals surface area contributed by atoms with E-state index < -0.39 is 11.9 Å². The third-order valence-corrected chi connectivity index (χ3v) is 4.26. The van der Waals surface area contributed by atoms with Crippen LogP contribution in [0.5, 0.6) is 0 Å². The Hall–Kier alpha value is -1.83. The first-order chi connectivity index (χ1) is 10.9. The van der Waals surface area contributed by atoms with Gasteiger partial charge in [0.15, 0.2) is 0 Å². The summed E-state index contributed by atoms with van der Waals surface area (Å²) in [5.74, 6) is -0.100. The number of hydrogen-bond acceptors (Lipinski definition) is 4. The highest BCUT2D eigenvalue weighted by Gasteiger charge is 2.35. The monoisotopic (exact) mass is 329 g/mol. The number of halogens is 3. The van der Waals surface area contributed by atoms with E-state index in [9.17, 15) is 18.0 Å². The Morgan fingerprint density at radius 3 is 2.70 bits per heavy atom. The number of morpholine rings is 1. The summed E-state index contributed by atoms with van der Waals surface area (Å²) in [7, 11) is 0. The number of nitrogens with zero attached hydrogens (tertiary/aromatic N) is 3. The molecule has 0 aromatic carbocycles. The number of anilines is 1. The van der Waals surface area contributed by atoms with E-state index in [0.717, 1.165) is 12.3 Å². The summed E-state index contributed by atoms with van der Waals surface area (Å²) in [6.45, 7) is 3.27. The molecule has 2 aliphatic rings. The molecular formula is C15H18F3N3O2. The fourth-order valence-corrected chi connectivity index (χ4v) is 3.01. The van der Waals surface area contributed by atoms with Gasteiger partial charge >= 0.3 is 6.18 Å². The molecule has 23 heavy (non-hydrogen) atoms. The van der Waals surface area contributed by atoms with Crippen LogP contribution in [-0.2, 0) is 15.7 Å². The lowest BCUT2D eigenvalue weighted by atomic mass is 10.1. The molecule has 2 saturated heterocycles. The van der Waals surface area contributed by atoms with Gasteiger partial charge in [-0.25, -0.2) is 0 Å². The van der Waals surface area contributed by atoms with Crippen molar-refractivity contribution in [3.05, 3.63) is 24.0 Å². The van der Waals surface area contributed by atoms with Crippen LogP contribution in [0.1, 0.15) is 12.1 Å². The highest BCUT2D eigenvalue weighted by atomic mass is 19.4. The molecule has 2 aliphatic heterocycles. The number of amides is 1. The zero-order valence-electron chi connectivity index (χ0n) is 12.6. The van der Waals surface area contributed by atoms with E-state index in [1.54, 1.807) is 11.0 Å². The molecule has 0 aliphatic carbocycles. The average molecular weight is 329 g/mol. The number of pyridine rings is 1. The van der Waals surface area contributed by atoms with Crippen LogP contribution in [0.15, 0.2) is 18.3 Å². The van der Waals surface area contributed by atoms with E-state index in [4.69, 9.17) is 4.74 Å². The van der Waals surface area contributed by atoms with Crippen LogP contribution in [0.25, 0.3) is 0 Å². The number of carbonyl (C=O) groups excluding carboxylic acids is 1. The predicted octanol–water partition coefficient (Wildman–Crippen LogP) is 1.79. The molecule has 3 heterocycles. The van der Waals surface area contributed by atoms with Crippen molar-refractivity contribution in [2.45, 2.75) is 12.6 Å². The first kappa shape index (κ1) is 16.0. The van der Waals surface area contributed by atoms with Crippen molar-refractivity contribution in [2.75, 3.05) is 44.3 Å². The van der Waals surface area contributed by atoms with Crippen LogP contribution in [0.4, 0.5) is 18.9 Å². The Kier molecular flexibility index (Phi) is 4.43. The molecule has 0 N–H and O–H groups in total. The number of carbonyl (C=O) groups is 1. The summed E-state index contributed by atoms with van der Waals surface area (Å²) in [5, 5.41) is 0. The highest BCUT2D eigenvalue weighted by Crippen LogP contribution is 2.31. The van der Waals surface area contributed by atoms with Gasteiger partial charge in [-0.05, 0) is 18.6 Å². The number of ether oxygens (including phenoxy) is 1. The minimum atomic E-state index is -4.46. The van der Waals surface area contributed by atoms with E-state index in [0.29, 0.717) is 51.5 Å². The summed E-state index contributed by atoms with van der Waals surface area (Å²) >= 11 is 0. The van der Waals surface area contributed by atoms with Crippen LogP contribution in [0.2, 0.25) is 0 Å². The molecule has 8 heteroatoms. The molecule has 1 unspecified atom stereocenters. The Labute approximate surface area is 132 Å². The van der Waals surface area contributed by atoms with Gasteiger partial charge in [0.05, 0.1) is 19.1 Å². The summed E-state index contributed by atoms with van der Waals surface area (Å²) in [5.41, 5.74) is -0.442. The Bertz CT molecular complexity index is 573. The number of rotatable bonds is 2. The Balaban J connectivity index is 1.66. The maximum Gasteiger partial charge on any atom is 0.433 e. The smallest absolute Gasteiger partial charge is 0.378 e. The third kappa shape index (κ3) is 3.57. The first-order valence-electron chi connectivity index (χ1n) is 7.60. The van der Waals surface area contributed by atoms with Crippen LogP contribution >= 0.6 is 0 Å². The molecule has 1 aromatic rings. The van der Waals surface area contributed by atoms with Gasteiger partial charge in [0.1, 0.15) is 5.69 Å². The van der Waals surface area contributed by atoms with Crippen molar-refractivity contribution >= 4 is 11.6 Å². The quantitative estimate of drug-likeness (QED) is 0.830. The maximum atomic E-state index is 12.7. The van der Waals surface area contributed by atoms with Crippen LogP contribution in [0, 0.1) is 5.92 Å². The molecule has 0 spiro atoms. The summed E-state index contributed by atoms with van der Waals surface area (Å²) in [6, 6.07) is 2.60. The van der Waals surface area contributed by atoms with Gasteiger partial charge in [0.25, 0.3) is 0 Å². The molecule has 1 aromatic heterocycles. The fourth-order valence-electron chi connectivity index (χ4n) is 3.01. The van der Waals surface area contributed by atoms with E-state index in [-0.39, 0.29) is 11.8 Å². The van der Waals surface area contributed by atoms with E-state index in [1.807, 2.05) is 4.90 Å². The maximum absolute atomic E-state index is 12.7. The van der Waals surface area contributed by atoms with Gasteiger partial charge in [-0.15, -0.1) is 0 Å². The lowest BCUT2D eigenvalue weighted by molar-refractivity contribution is -0.141. The van der Waals surface area contributed by atoms with Crippen molar-refractivity contribution in [3.8, 4) is 0 Å². The molecule has 1 atom stereocenters. The molecule has 0 radical (unpaired) electrons. The number of alkyl halides is 3. The van der Waals surface area contributed by atoms with Crippen molar-refractivity contribution in [1.29, 1.82) is 0 Å². The summed E-state index contributed by atoms with van der Waals surface area (Å²) in [4.78, 5) is 19.4. The van der Waals surface area contributed by atoms with Gasteiger partial charge in [0.2, 0.25) is 5.91 Å². The molecule has 2 fully saturated rings. The van der Waals surface area contributed by atoms with Gasteiger partial charge in [-0.3, -0.25) is 9.78 Å². The largest absolute Gasteiger partial charge is 0.433 e. The van der Waals surface area contributed by atoms with Gasteiger partial charge in [-0.1, -0.05) is 0 Å². The topological polar surface area (TPSA) is 45.7 Å². The molecule has 0 saturated carbocycles. The predicted molar refractivity (Wildman–Crippen MR) is 77.0 cm³/mol. The lowest BCUT2D eigenvalue weighted by Crippen LogP contribution is -2.44. The van der Waals surface area contributed by atoms with E-state index in [2.05, 4.69) is 4.98 Å². The number of hydrogen-bond donors (Lipinski definition) is 0. The molecule has 0 bridgehead atoms. The van der Waals surface area contributed by atoms with Gasteiger partial charge < -0.3 is 14.5 Å². The standard InChI is InChI=1S/C15H18F3N3O2/c16-15(17,18)13-9-12(1-3-19-13)21-4-2-11(10-21)14(22)20-5-7-23-8-6-20/h1,3,9,11H,2,4-8,10H2. The first-order valence-corrected chi connectivity index (χ1v) is 7.60. The van der Waals surface area contributed by atoms with Crippen LogP contribution in [0.3, 0.4) is 0 Å². The molecular weight excluding hydrogens is 311 g/mol. The molecule has 126 valence electrons. The van der Waals surface area contributed by atoms with Gasteiger partial charge in [-0.2, -0.15) is 13.2 Å². The van der Waals surface area contributed by atoms with Crippen molar-refractivity contribution in [1.82, 2.24) is 9.88 Å². The summed E-state index contributed by atoms with van der Waals surface area (Å²) in [6.07, 6.45) is -2.64. The second-order valence-electron chi connectivity index (χ2n) is 5.77. The average Bonchev–Trinajstić information content (AvgIpc) is 3.04. The molecule has 5 nitrogen and oxygen atoms in total. The van der Waals surface area contributed by atoms with E-state index >= 15 is 0 Å². The highest BCUT2D eigenvalue weighted by molar-refractivity contribution is 5.80. The molecule has 3 rings (SSSR count). The minimum absolute atomic E-state index is 0.0703. The SMILES string of the molecule is O=C(C1CCN(c2ccnc(C(F)(F)F)c2)C1)N1CCOCC1. The Morgan fingerprint density at radius 2 is 2.00 bits per heavy atom. The normalized spacial score (nSPS) is 22.5.